The Morgan fingerprint density at radius 1 is 1.00 bits per heavy atom. The van der Waals surface area contributed by atoms with Gasteiger partial charge in [-0.3, -0.25) is 0 Å². The first-order valence-corrected chi connectivity index (χ1v) is 7.60. The zero-order valence-electron chi connectivity index (χ0n) is 10.6. The molecule has 0 aromatic heterocycles. The van der Waals surface area contributed by atoms with E-state index in [0.29, 0.717) is 18.8 Å². The second kappa shape index (κ2) is 7.44. The Morgan fingerprint density at radius 2 is 1.63 bits per heavy atom. The second-order valence-corrected chi connectivity index (χ2v) is 6.08. The lowest BCUT2D eigenvalue weighted by Gasteiger charge is -2.23. The third-order valence-corrected chi connectivity index (χ3v) is 4.33. The molecule has 0 amide bonds. The minimum atomic E-state index is -3.50. The first kappa shape index (κ1) is 15.9. The standard InChI is InChI=1S/C12H19NO5S/c14-6-4-13(5-7-15)11-2-1-3-12(10-11)19(17,18)9-8-16/h1-3,10,14-16H,4-9H2. The molecule has 0 atom stereocenters. The Morgan fingerprint density at radius 3 is 2.16 bits per heavy atom. The Kier molecular flexibility index (Phi) is 6.23. The Hall–Kier alpha value is -1.15. The molecule has 0 radical (unpaired) electrons. The molecule has 0 unspecified atom stereocenters. The summed E-state index contributed by atoms with van der Waals surface area (Å²) >= 11 is 0. The zero-order chi connectivity index (χ0) is 14.3. The Labute approximate surface area is 112 Å². The maximum atomic E-state index is 11.8. The number of nitrogens with zero attached hydrogens (tertiary/aromatic N) is 1. The van der Waals surface area contributed by atoms with Crippen LogP contribution >= 0.6 is 0 Å². The van der Waals surface area contributed by atoms with Crippen LogP contribution in [0.1, 0.15) is 0 Å². The van der Waals surface area contributed by atoms with Gasteiger partial charge in [0, 0.05) is 18.8 Å². The molecule has 6 nitrogen and oxygen atoms in total. The van der Waals surface area contributed by atoms with Crippen LogP contribution in [0.2, 0.25) is 0 Å². The molecule has 0 aliphatic rings. The van der Waals surface area contributed by atoms with Gasteiger partial charge in [0.05, 0.1) is 30.5 Å². The van der Waals surface area contributed by atoms with Crippen molar-refractivity contribution in [3.8, 4) is 0 Å². The molecule has 19 heavy (non-hydrogen) atoms. The minimum absolute atomic E-state index is 0.0897. The van der Waals surface area contributed by atoms with Crippen molar-refractivity contribution in [1.29, 1.82) is 0 Å². The fraction of sp³-hybridized carbons (Fsp3) is 0.500. The maximum Gasteiger partial charge on any atom is 0.180 e. The van der Waals surface area contributed by atoms with E-state index in [2.05, 4.69) is 0 Å². The number of hydrogen-bond acceptors (Lipinski definition) is 6. The van der Waals surface area contributed by atoms with Crippen LogP contribution in [-0.2, 0) is 9.84 Å². The van der Waals surface area contributed by atoms with Crippen molar-refractivity contribution in [1.82, 2.24) is 0 Å². The van der Waals surface area contributed by atoms with Crippen LogP contribution in [0.25, 0.3) is 0 Å². The smallest absolute Gasteiger partial charge is 0.180 e. The van der Waals surface area contributed by atoms with Crippen LogP contribution in [0.4, 0.5) is 5.69 Å². The molecule has 3 N–H and O–H groups in total. The van der Waals surface area contributed by atoms with E-state index in [1.807, 2.05) is 0 Å². The van der Waals surface area contributed by atoms with Crippen molar-refractivity contribution < 1.29 is 23.7 Å². The molecule has 1 rings (SSSR count). The van der Waals surface area contributed by atoms with Crippen LogP contribution in [0, 0.1) is 0 Å². The number of aliphatic hydroxyl groups is 3. The predicted molar refractivity (Wildman–Crippen MR) is 72.0 cm³/mol. The molecule has 0 fully saturated rings. The summed E-state index contributed by atoms with van der Waals surface area (Å²) in [7, 11) is -3.50. The first-order chi connectivity index (χ1) is 9.05. The number of benzene rings is 1. The second-order valence-electron chi connectivity index (χ2n) is 3.97. The van der Waals surface area contributed by atoms with Gasteiger partial charge < -0.3 is 20.2 Å². The average molecular weight is 289 g/mol. The SMILES string of the molecule is O=S(=O)(CCO)c1cccc(N(CCO)CCO)c1. The van der Waals surface area contributed by atoms with Crippen LogP contribution in [0.15, 0.2) is 29.2 Å². The molecule has 0 aliphatic carbocycles. The van der Waals surface area contributed by atoms with Crippen molar-refractivity contribution in [3.63, 3.8) is 0 Å². The van der Waals surface area contributed by atoms with E-state index in [1.54, 1.807) is 17.0 Å². The molecule has 0 saturated carbocycles. The maximum absolute atomic E-state index is 11.8. The van der Waals surface area contributed by atoms with E-state index in [-0.39, 0.29) is 23.9 Å². The fourth-order valence-corrected chi connectivity index (χ4v) is 2.79. The van der Waals surface area contributed by atoms with Gasteiger partial charge in [-0.05, 0) is 18.2 Å². The monoisotopic (exact) mass is 289 g/mol. The van der Waals surface area contributed by atoms with Crippen LogP contribution < -0.4 is 4.90 Å². The van der Waals surface area contributed by atoms with Gasteiger partial charge in [-0.25, -0.2) is 8.42 Å². The third kappa shape index (κ3) is 4.46. The molecule has 108 valence electrons. The van der Waals surface area contributed by atoms with Gasteiger partial charge in [0.2, 0.25) is 0 Å². The van der Waals surface area contributed by atoms with E-state index in [4.69, 9.17) is 15.3 Å². The number of aliphatic hydroxyl groups excluding tert-OH is 3. The lowest BCUT2D eigenvalue weighted by Crippen LogP contribution is -2.29. The number of sulfone groups is 1. The minimum Gasteiger partial charge on any atom is -0.395 e. The highest BCUT2D eigenvalue weighted by molar-refractivity contribution is 7.91. The molecular formula is C12H19NO5S. The van der Waals surface area contributed by atoms with Gasteiger partial charge >= 0.3 is 0 Å². The molecule has 0 bridgehead atoms. The third-order valence-electron chi connectivity index (χ3n) is 2.64. The lowest BCUT2D eigenvalue weighted by atomic mass is 10.3. The van der Waals surface area contributed by atoms with E-state index in [1.165, 1.54) is 12.1 Å². The summed E-state index contributed by atoms with van der Waals surface area (Å²) in [6, 6.07) is 6.26. The zero-order valence-corrected chi connectivity index (χ0v) is 11.4. The predicted octanol–water partition coefficient (Wildman–Crippen LogP) is -0.756. The largest absolute Gasteiger partial charge is 0.395 e. The van der Waals surface area contributed by atoms with E-state index in [0.717, 1.165) is 0 Å². The van der Waals surface area contributed by atoms with Crippen molar-refractivity contribution in [2.45, 2.75) is 4.90 Å². The molecule has 0 heterocycles. The van der Waals surface area contributed by atoms with Crippen LogP contribution in [-0.4, -0.2) is 62.4 Å². The summed E-state index contributed by atoms with van der Waals surface area (Å²) in [5, 5.41) is 26.7. The molecule has 0 spiro atoms. The van der Waals surface area contributed by atoms with Crippen molar-refractivity contribution in [2.75, 3.05) is 43.6 Å². The van der Waals surface area contributed by atoms with Gasteiger partial charge in [0.15, 0.2) is 9.84 Å². The van der Waals surface area contributed by atoms with Crippen LogP contribution in [0.5, 0.6) is 0 Å². The van der Waals surface area contributed by atoms with Crippen molar-refractivity contribution >= 4 is 15.5 Å². The summed E-state index contributed by atoms with van der Waals surface area (Å²) in [5.74, 6) is -0.323. The first-order valence-electron chi connectivity index (χ1n) is 5.95. The molecular weight excluding hydrogens is 270 g/mol. The highest BCUT2D eigenvalue weighted by Gasteiger charge is 2.15. The van der Waals surface area contributed by atoms with Gasteiger partial charge in [0.25, 0.3) is 0 Å². The number of rotatable bonds is 8. The van der Waals surface area contributed by atoms with Crippen molar-refractivity contribution in [2.24, 2.45) is 0 Å². The van der Waals surface area contributed by atoms with Gasteiger partial charge in [0.1, 0.15) is 0 Å². The van der Waals surface area contributed by atoms with Crippen LogP contribution in [0.3, 0.4) is 0 Å². The molecule has 7 heteroatoms. The van der Waals surface area contributed by atoms with E-state index in [9.17, 15) is 8.42 Å². The highest BCUT2D eigenvalue weighted by atomic mass is 32.2. The summed E-state index contributed by atoms with van der Waals surface area (Å²) in [6.07, 6.45) is 0. The number of anilines is 1. The van der Waals surface area contributed by atoms with E-state index >= 15 is 0 Å². The average Bonchev–Trinajstić information content (AvgIpc) is 2.39. The van der Waals surface area contributed by atoms with Gasteiger partial charge in [-0.2, -0.15) is 0 Å². The molecule has 1 aromatic carbocycles. The quantitative estimate of drug-likeness (QED) is 0.582. The van der Waals surface area contributed by atoms with Gasteiger partial charge in [-0.1, -0.05) is 6.07 Å². The highest BCUT2D eigenvalue weighted by Crippen LogP contribution is 2.20. The molecule has 0 saturated heterocycles. The normalized spacial score (nSPS) is 11.5. The Bertz CT molecular complexity index is 483. The van der Waals surface area contributed by atoms with E-state index < -0.39 is 16.4 Å². The summed E-state index contributed by atoms with van der Waals surface area (Å²) in [6.45, 7) is 0.0128. The van der Waals surface area contributed by atoms with Gasteiger partial charge in [-0.15, -0.1) is 0 Å². The number of hydrogen-bond donors (Lipinski definition) is 3. The summed E-state index contributed by atoms with van der Waals surface area (Å²) < 4.78 is 23.7. The Balaban J connectivity index is 3.04. The lowest BCUT2D eigenvalue weighted by molar-refractivity contribution is 0.281. The fourth-order valence-electron chi connectivity index (χ4n) is 1.72. The molecule has 0 aliphatic heterocycles. The topological polar surface area (TPSA) is 98.1 Å². The summed E-state index contributed by atoms with van der Waals surface area (Å²) in [4.78, 5) is 1.82. The molecule has 1 aromatic rings. The van der Waals surface area contributed by atoms with Crippen molar-refractivity contribution in [3.05, 3.63) is 24.3 Å². The summed E-state index contributed by atoms with van der Waals surface area (Å²) in [5.41, 5.74) is 0.613.